The molecule has 0 fully saturated rings. The van der Waals surface area contributed by atoms with Crippen molar-refractivity contribution in [1.82, 2.24) is 0 Å². The number of rotatable bonds is 4. The van der Waals surface area contributed by atoms with Gasteiger partial charge in [0, 0.05) is 12.1 Å². The zero-order valence-electron chi connectivity index (χ0n) is 11.7. The molecule has 0 aromatic heterocycles. The summed E-state index contributed by atoms with van der Waals surface area (Å²) in [5, 5.41) is 11.0. The SMILES string of the molecule is Cc1ccc([N+](=O)[O-])c(Oc2ccc([C@@H](C)N)cc2F)c1. The van der Waals surface area contributed by atoms with Crippen molar-refractivity contribution < 1.29 is 14.1 Å². The fraction of sp³-hybridized carbons (Fsp3) is 0.200. The van der Waals surface area contributed by atoms with Gasteiger partial charge in [0.15, 0.2) is 11.6 Å². The minimum absolute atomic E-state index is 0.00690. The van der Waals surface area contributed by atoms with Gasteiger partial charge in [0.05, 0.1) is 4.92 Å². The van der Waals surface area contributed by atoms with Crippen LogP contribution in [-0.2, 0) is 0 Å². The van der Waals surface area contributed by atoms with E-state index in [4.69, 9.17) is 10.5 Å². The molecule has 2 rings (SSSR count). The van der Waals surface area contributed by atoms with Crippen LogP contribution in [0.3, 0.4) is 0 Å². The van der Waals surface area contributed by atoms with Gasteiger partial charge in [-0.25, -0.2) is 4.39 Å². The number of ether oxygens (including phenoxy) is 1. The predicted molar refractivity (Wildman–Crippen MR) is 76.9 cm³/mol. The summed E-state index contributed by atoms with van der Waals surface area (Å²) in [6, 6.07) is 8.44. The lowest BCUT2D eigenvalue weighted by molar-refractivity contribution is -0.385. The maximum absolute atomic E-state index is 14.0. The molecule has 0 saturated heterocycles. The molecule has 21 heavy (non-hydrogen) atoms. The van der Waals surface area contributed by atoms with Crippen molar-refractivity contribution in [3.05, 3.63) is 63.5 Å². The first-order chi connectivity index (χ1) is 9.88. The van der Waals surface area contributed by atoms with Gasteiger partial charge in [0.1, 0.15) is 0 Å². The van der Waals surface area contributed by atoms with E-state index in [-0.39, 0.29) is 23.2 Å². The Bertz CT molecular complexity index is 687. The molecule has 2 aromatic rings. The van der Waals surface area contributed by atoms with Crippen molar-refractivity contribution in [2.45, 2.75) is 19.9 Å². The number of halogens is 1. The Balaban J connectivity index is 2.38. The Morgan fingerprint density at radius 3 is 2.52 bits per heavy atom. The van der Waals surface area contributed by atoms with Crippen molar-refractivity contribution in [3.8, 4) is 11.5 Å². The zero-order valence-corrected chi connectivity index (χ0v) is 11.7. The molecule has 1 atom stereocenters. The molecular weight excluding hydrogens is 275 g/mol. The molecule has 0 amide bonds. The molecule has 6 heteroatoms. The van der Waals surface area contributed by atoms with Gasteiger partial charge >= 0.3 is 5.69 Å². The third-order valence-corrected chi connectivity index (χ3v) is 3.01. The summed E-state index contributed by atoms with van der Waals surface area (Å²) < 4.78 is 19.3. The molecule has 110 valence electrons. The molecule has 2 aromatic carbocycles. The summed E-state index contributed by atoms with van der Waals surface area (Å²) in [6.07, 6.45) is 0. The first kappa shape index (κ1) is 14.9. The quantitative estimate of drug-likeness (QED) is 0.685. The van der Waals surface area contributed by atoms with Gasteiger partial charge in [0.2, 0.25) is 5.75 Å². The summed E-state index contributed by atoms with van der Waals surface area (Å²) in [4.78, 5) is 10.4. The number of benzene rings is 2. The molecule has 5 nitrogen and oxygen atoms in total. The number of hydrogen-bond donors (Lipinski definition) is 1. The van der Waals surface area contributed by atoms with Crippen molar-refractivity contribution >= 4 is 5.69 Å². The summed E-state index contributed by atoms with van der Waals surface area (Å²) >= 11 is 0. The van der Waals surface area contributed by atoms with Gasteiger partial charge in [-0.05, 0) is 43.2 Å². The molecule has 0 aliphatic rings. The lowest BCUT2D eigenvalue weighted by atomic mass is 10.1. The van der Waals surface area contributed by atoms with Crippen LogP contribution in [0.5, 0.6) is 11.5 Å². The van der Waals surface area contributed by atoms with Crippen LogP contribution in [0.25, 0.3) is 0 Å². The second-order valence-electron chi connectivity index (χ2n) is 4.81. The van der Waals surface area contributed by atoms with Crippen molar-refractivity contribution in [2.75, 3.05) is 0 Å². The largest absolute Gasteiger partial charge is 0.447 e. The fourth-order valence-corrected chi connectivity index (χ4v) is 1.86. The molecule has 0 aliphatic heterocycles. The molecule has 0 spiro atoms. The Hall–Kier alpha value is -2.47. The van der Waals surface area contributed by atoms with Gasteiger partial charge in [-0.2, -0.15) is 0 Å². The summed E-state index contributed by atoms with van der Waals surface area (Å²) in [5.74, 6) is -0.679. The van der Waals surface area contributed by atoms with Gasteiger partial charge in [-0.3, -0.25) is 10.1 Å². The highest BCUT2D eigenvalue weighted by Gasteiger charge is 2.17. The highest BCUT2D eigenvalue weighted by Crippen LogP contribution is 2.33. The molecular formula is C15H15FN2O3. The van der Waals surface area contributed by atoms with Crippen molar-refractivity contribution in [3.63, 3.8) is 0 Å². The predicted octanol–water partition coefficient (Wildman–Crippen LogP) is 3.85. The number of aryl methyl sites for hydroxylation is 1. The second-order valence-corrected chi connectivity index (χ2v) is 4.81. The monoisotopic (exact) mass is 290 g/mol. The minimum atomic E-state index is -0.611. The molecule has 0 radical (unpaired) electrons. The first-order valence-electron chi connectivity index (χ1n) is 6.36. The van der Waals surface area contributed by atoms with Crippen LogP contribution in [0.4, 0.5) is 10.1 Å². The smallest absolute Gasteiger partial charge is 0.311 e. The van der Waals surface area contributed by atoms with Gasteiger partial charge in [-0.15, -0.1) is 0 Å². The van der Waals surface area contributed by atoms with E-state index in [1.54, 1.807) is 26.0 Å². The Kier molecular flexibility index (Phi) is 4.18. The van der Waals surface area contributed by atoms with Gasteiger partial charge < -0.3 is 10.5 Å². The average molecular weight is 290 g/mol. The number of nitro groups is 1. The van der Waals surface area contributed by atoms with E-state index in [0.29, 0.717) is 5.56 Å². The molecule has 0 unspecified atom stereocenters. The number of nitrogens with zero attached hydrogens (tertiary/aromatic N) is 1. The molecule has 0 saturated carbocycles. The van der Waals surface area contributed by atoms with Crippen molar-refractivity contribution in [2.24, 2.45) is 5.73 Å². The first-order valence-corrected chi connectivity index (χ1v) is 6.36. The van der Waals surface area contributed by atoms with Gasteiger partial charge in [-0.1, -0.05) is 12.1 Å². The van der Waals surface area contributed by atoms with Gasteiger partial charge in [0.25, 0.3) is 0 Å². The number of nitrogens with two attached hydrogens (primary N) is 1. The lowest BCUT2D eigenvalue weighted by Gasteiger charge is -2.10. The fourth-order valence-electron chi connectivity index (χ4n) is 1.86. The van der Waals surface area contributed by atoms with E-state index >= 15 is 0 Å². The topological polar surface area (TPSA) is 78.4 Å². The van der Waals surface area contributed by atoms with Crippen LogP contribution in [0.15, 0.2) is 36.4 Å². The summed E-state index contributed by atoms with van der Waals surface area (Å²) in [7, 11) is 0. The number of nitro benzene ring substituents is 1. The second kappa shape index (κ2) is 5.88. The Labute approximate surface area is 121 Å². The normalized spacial score (nSPS) is 12.0. The maximum atomic E-state index is 14.0. The molecule has 0 bridgehead atoms. The van der Waals surface area contributed by atoms with Crippen LogP contribution in [0, 0.1) is 22.9 Å². The standard InChI is InChI=1S/C15H15FN2O3/c1-9-3-5-13(18(19)20)15(7-9)21-14-6-4-11(10(2)17)8-12(14)16/h3-8,10H,17H2,1-2H3/t10-/m1/s1. The van der Waals surface area contributed by atoms with Crippen LogP contribution >= 0.6 is 0 Å². The lowest BCUT2D eigenvalue weighted by Crippen LogP contribution is -2.05. The summed E-state index contributed by atoms with van der Waals surface area (Å²) in [5.41, 5.74) is 6.86. The number of hydrogen-bond acceptors (Lipinski definition) is 4. The summed E-state index contributed by atoms with van der Waals surface area (Å²) in [6.45, 7) is 3.51. The van der Waals surface area contributed by atoms with E-state index in [1.807, 2.05) is 0 Å². The van der Waals surface area contributed by atoms with Crippen molar-refractivity contribution in [1.29, 1.82) is 0 Å². The Morgan fingerprint density at radius 2 is 1.95 bits per heavy atom. The van der Waals surface area contributed by atoms with Crippen LogP contribution < -0.4 is 10.5 Å². The van der Waals surface area contributed by atoms with E-state index in [2.05, 4.69) is 0 Å². The zero-order chi connectivity index (χ0) is 15.6. The van der Waals surface area contributed by atoms with E-state index in [0.717, 1.165) is 5.56 Å². The maximum Gasteiger partial charge on any atom is 0.311 e. The molecule has 0 heterocycles. The minimum Gasteiger partial charge on any atom is -0.447 e. The van der Waals surface area contributed by atoms with E-state index < -0.39 is 10.7 Å². The van der Waals surface area contributed by atoms with Crippen LogP contribution in [-0.4, -0.2) is 4.92 Å². The third-order valence-electron chi connectivity index (χ3n) is 3.01. The van der Waals surface area contributed by atoms with Crippen LogP contribution in [0.2, 0.25) is 0 Å². The molecule has 2 N–H and O–H groups in total. The Morgan fingerprint density at radius 1 is 1.24 bits per heavy atom. The molecule has 0 aliphatic carbocycles. The van der Waals surface area contributed by atoms with E-state index in [1.165, 1.54) is 24.3 Å². The van der Waals surface area contributed by atoms with Crippen LogP contribution in [0.1, 0.15) is 24.1 Å². The van der Waals surface area contributed by atoms with E-state index in [9.17, 15) is 14.5 Å². The highest BCUT2D eigenvalue weighted by atomic mass is 19.1. The highest BCUT2D eigenvalue weighted by molar-refractivity contribution is 5.50. The average Bonchev–Trinajstić information content (AvgIpc) is 2.40. The third kappa shape index (κ3) is 3.35.